The molecule has 8 heteroatoms. The fraction of sp³-hybridized carbons (Fsp3) is 0.520. The zero-order chi connectivity index (χ0) is 22.8. The molecule has 0 saturated carbocycles. The SMILES string of the molecule is CC1(C)OC[C@H]([C@@H]2Nc3ccccc3[C@@H](Nc3ccc4c(c3)OCO4)[C@]23COC(C)(C)O3)O1. The van der Waals surface area contributed by atoms with E-state index in [1.165, 1.54) is 0 Å². The van der Waals surface area contributed by atoms with Crippen molar-refractivity contribution in [2.75, 3.05) is 30.6 Å². The van der Waals surface area contributed by atoms with Crippen molar-refractivity contribution in [3.63, 3.8) is 0 Å². The second-order valence-electron chi connectivity index (χ2n) is 9.97. The Morgan fingerprint density at radius 3 is 2.52 bits per heavy atom. The van der Waals surface area contributed by atoms with Gasteiger partial charge >= 0.3 is 0 Å². The van der Waals surface area contributed by atoms with Crippen LogP contribution in [0.5, 0.6) is 11.5 Å². The Balaban J connectivity index is 1.44. The average molecular weight is 455 g/mol. The average Bonchev–Trinajstić information content (AvgIpc) is 3.47. The summed E-state index contributed by atoms with van der Waals surface area (Å²) in [6, 6.07) is 13.8. The van der Waals surface area contributed by atoms with Crippen LogP contribution in [0.2, 0.25) is 0 Å². The topological polar surface area (TPSA) is 79.4 Å². The molecule has 2 N–H and O–H groups in total. The van der Waals surface area contributed by atoms with Gasteiger partial charge in [0, 0.05) is 23.0 Å². The van der Waals surface area contributed by atoms with E-state index < -0.39 is 17.2 Å². The lowest BCUT2D eigenvalue weighted by molar-refractivity contribution is -0.183. The fourth-order valence-corrected chi connectivity index (χ4v) is 5.35. The van der Waals surface area contributed by atoms with Gasteiger partial charge in [0.25, 0.3) is 0 Å². The molecule has 4 aliphatic rings. The summed E-state index contributed by atoms with van der Waals surface area (Å²) in [7, 11) is 0. The van der Waals surface area contributed by atoms with Gasteiger partial charge in [0.2, 0.25) is 6.79 Å². The zero-order valence-corrected chi connectivity index (χ0v) is 19.3. The highest BCUT2D eigenvalue weighted by Gasteiger charge is 2.62. The van der Waals surface area contributed by atoms with Gasteiger partial charge in [-0.25, -0.2) is 0 Å². The molecule has 33 heavy (non-hydrogen) atoms. The molecule has 0 unspecified atom stereocenters. The Hall–Kier alpha value is -2.52. The minimum Gasteiger partial charge on any atom is -0.454 e. The Labute approximate surface area is 193 Å². The van der Waals surface area contributed by atoms with Crippen molar-refractivity contribution in [3.8, 4) is 11.5 Å². The van der Waals surface area contributed by atoms with Gasteiger partial charge in [0.1, 0.15) is 11.7 Å². The van der Waals surface area contributed by atoms with Gasteiger partial charge in [-0.3, -0.25) is 0 Å². The Bertz CT molecular complexity index is 1070. The Kier molecular flexibility index (Phi) is 4.61. The first-order chi connectivity index (χ1) is 15.7. The van der Waals surface area contributed by atoms with E-state index in [1.807, 2.05) is 58.0 Å². The molecule has 0 aliphatic carbocycles. The standard InChI is InChI=1S/C25H30N2O6/c1-23(2)30-12-20(32-23)22-25(13-31-24(3,4)33-25)21(16-7-5-6-8-17(16)27-22)26-15-9-10-18-19(11-15)29-14-28-18/h5-11,20-22,26-27H,12-14H2,1-4H3/t20-,21-,22+,25-/m1/s1. The quantitative estimate of drug-likeness (QED) is 0.720. The van der Waals surface area contributed by atoms with Crippen molar-refractivity contribution in [3.05, 3.63) is 48.0 Å². The van der Waals surface area contributed by atoms with E-state index in [-0.39, 0.29) is 25.0 Å². The normalized spacial score (nSPS) is 33.0. The lowest BCUT2D eigenvalue weighted by atomic mass is 9.76. The van der Waals surface area contributed by atoms with Crippen LogP contribution in [0.25, 0.3) is 0 Å². The number of nitrogens with one attached hydrogen (secondary N) is 2. The summed E-state index contributed by atoms with van der Waals surface area (Å²) >= 11 is 0. The molecule has 1 spiro atoms. The van der Waals surface area contributed by atoms with Gasteiger partial charge in [-0.2, -0.15) is 0 Å². The molecule has 2 fully saturated rings. The predicted molar refractivity (Wildman–Crippen MR) is 122 cm³/mol. The number of anilines is 2. The van der Waals surface area contributed by atoms with Crippen LogP contribution in [0.1, 0.15) is 39.3 Å². The summed E-state index contributed by atoms with van der Waals surface area (Å²) in [5, 5.41) is 7.44. The smallest absolute Gasteiger partial charge is 0.231 e. The van der Waals surface area contributed by atoms with Gasteiger partial charge in [-0.15, -0.1) is 0 Å². The largest absolute Gasteiger partial charge is 0.454 e. The monoisotopic (exact) mass is 454 g/mol. The van der Waals surface area contributed by atoms with E-state index in [9.17, 15) is 0 Å². The molecule has 0 amide bonds. The molecule has 2 saturated heterocycles. The summed E-state index contributed by atoms with van der Waals surface area (Å²) in [5.41, 5.74) is 2.30. The first-order valence-electron chi connectivity index (χ1n) is 11.4. The van der Waals surface area contributed by atoms with Crippen LogP contribution in [0.3, 0.4) is 0 Å². The van der Waals surface area contributed by atoms with E-state index in [4.69, 9.17) is 28.4 Å². The zero-order valence-electron chi connectivity index (χ0n) is 19.3. The lowest BCUT2D eigenvalue weighted by Gasteiger charge is -2.49. The first kappa shape index (κ1) is 21.0. The number of fused-ring (bicyclic) bond motifs is 2. The van der Waals surface area contributed by atoms with Crippen molar-refractivity contribution in [2.24, 2.45) is 0 Å². The first-order valence-corrected chi connectivity index (χ1v) is 11.4. The summed E-state index contributed by atoms with van der Waals surface area (Å²) < 4.78 is 36.3. The molecule has 4 aliphatic heterocycles. The maximum absolute atomic E-state index is 6.77. The van der Waals surface area contributed by atoms with E-state index >= 15 is 0 Å². The van der Waals surface area contributed by atoms with Gasteiger partial charge < -0.3 is 39.1 Å². The highest BCUT2D eigenvalue weighted by atomic mass is 16.8. The van der Waals surface area contributed by atoms with Gasteiger partial charge in [0.15, 0.2) is 23.1 Å². The summed E-state index contributed by atoms with van der Waals surface area (Å²) in [4.78, 5) is 0. The maximum atomic E-state index is 6.77. The van der Waals surface area contributed by atoms with Crippen LogP contribution in [-0.4, -0.2) is 49.3 Å². The fourth-order valence-electron chi connectivity index (χ4n) is 5.35. The molecular weight excluding hydrogens is 424 g/mol. The lowest BCUT2D eigenvalue weighted by Crippen LogP contribution is -2.63. The van der Waals surface area contributed by atoms with Gasteiger partial charge in [-0.1, -0.05) is 18.2 Å². The van der Waals surface area contributed by atoms with E-state index in [0.717, 1.165) is 28.4 Å². The van der Waals surface area contributed by atoms with Gasteiger partial charge in [0.05, 0.1) is 25.3 Å². The molecule has 176 valence electrons. The maximum Gasteiger partial charge on any atom is 0.231 e. The van der Waals surface area contributed by atoms with Crippen molar-refractivity contribution < 1.29 is 28.4 Å². The molecule has 0 radical (unpaired) electrons. The molecule has 4 heterocycles. The second-order valence-corrected chi connectivity index (χ2v) is 9.97. The van der Waals surface area contributed by atoms with Crippen LogP contribution in [-0.2, 0) is 18.9 Å². The highest BCUT2D eigenvalue weighted by Crippen LogP contribution is 2.51. The van der Waals surface area contributed by atoms with E-state index in [0.29, 0.717) is 13.2 Å². The highest BCUT2D eigenvalue weighted by molar-refractivity contribution is 5.63. The van der Waals surface area contributed by atoms with Gasteiger partial charge in [-0.05, 0) is 45.9 Å². The van der Waals surface area contributed by atoms with Crippen molar-refractivity contribution >= 4 is 11.4 Å². The van der Waals surface area contributed by atoms with Crippen LogP contribution in [0.15, 0.2) is 42.5 Å². The van der Waals surface area contributed by atoms with Crippen LogP contribution >= 0.6 is 0 Å². The molecule has 6 rings (SSSR count). The number of para-hydroxylation sites is 1. The molecule has 2 aromatic rings. The molecule has 0 aromatic heterocycles. The van der Waals surface area contributed by atoms with Crippen LogP contribution in [0.4, 0.5) is 11.4 Å². The van der Waals surface area contributed by atoms with Crippen LogP contribution in [0, 0.1) is 0 Å². The summed E-state index contributed by atoms with van der Waals surface area (Å²) in [5.74, 6) is 0.0839. The van der Waals surface area contributed by atoms with E-state index in [1.54, 1.807) is 0 Å². The third-order valence-electron chi connectivity index (χ3n) is 6.76. The molecule has 0 bridgehead atoms. The number of hydrogen-bond donors (Lipinski definition) is 2. The Morgan fingerprint density at radius 2 is 1.76 bits per heavy atom. The minimum absolute atomic E-state index is 0.206. The summed E-state index contributed by atoms with van der Waals surface area (Å²) in [6.45, 7) is 8.88. The minimum atomic E-state index is -0.747. The van der Waals surface area contributed by atoms with Crippen molar-refractivity contribution in [1.82, 2.24) is 0 Å². The Morgan fingerprint density at radius 1 is 0.939 bits per heavy atom. The molecule has 2 aromatic carbocycles. The number of hydrogen-bond acceptors (Lipinski definition) is 8. The number of rotatable bonds is 3. The third-order valence-corrected chi connectivity index (χ3v) is 6.76. The number of benzene rings is 2. The van der Waals surface area contributed by atoms with Crippen molar-refractivity contribution in [2.45, 2.75) is 63.1 Å². The summed E-state index contributed by atoms with van der Waals surface area (Å²) in [6.07, 6.45) is -0.216. The second kappa shape index (κ2) is 7.24. The molecule has 4 atom stereocenters. The van der Waals surface area contributed by atoms with Crippen molar-refractivity contribution in [1.29, 1.82) is 0 Å². The molecular formula is C25H30N2O6. The van der Waals surface area contributed by atoms with Crippen LogP contribution < -0.4 is 20.1 Å². The third kappa shape index (κ3) is 3.52. The molecule has 8 nitrogen and oxygen atoms in total. The predicted octanol–water partition coefficient (Wildman–Crippen LogP) is 4.04. The number of ether oxygens (including phenoxy) is 6. The van der Waals surface area contributed by atoms with E-state index in [2.05, 4.69) is 22.8 Å².